The van der Waals surface area contributed by atoms with Crippen molar-refractivity contribution in [3.63, 3.8) is 0 Å². The Morgan fingerprint density at radius 3 is 2.69 bits per heavy atom. The molecular weight excluding hydrogens is 350 g/mol. The number of imidazole rings is 1. The molecule has 0 fully saturated rings. The van der Waals surface area contributed by atoms with E-state index in [4.69, 9.17) is 17.3 Å². The molecule has 0 saturated heterocycles. The number of carbonyl (C=O) groups excluding carboxylic acids is 1. The summed E-state index contributed by atoms with van der Waals surface area (Å²) in [6.45, 7) is 2.00. The normalized spacial score (nSPS) is 11.2. The molecule has 2 aromatic heterocycles. The molecule has 6 nitrogen and oxygen atoms in total. The summed E-state index contributed by atoms with van der Waals surface area (Å²) in [5.74, 6) is 0.759. The van der Waals surface area contributed by atoms with Crippen LogP contribution in [0.4, 0.5) is 5.69 Å². The number of nitrogen functional groups attached to an aromatic ring is 1. The Kier molecular flexibility index (Phi) is 3.77. The number of hydrogen-bond acceptors (Lipinski definition) is 4. The molecule has 0 aliphatic heterocycles. The molecule has 0 atom stereocenters. The minimum Gasteiger partial charge on any atom is -0.399 e. The van der Waals surface area contributed by atoms with Crippen molar-refractivity contribution in [2.75, 3.05) is 5.73 Å². The number of H-pyrrole nitrogens is 1. The SMILES string of the molecule is Cc1c(-c2cc(C(=O)Cl)n(C)n2)cccc1-c1nc2ccc(N)cc2[nH]1. The molecule has 0 aliphatic rings. The molecule has 4 rings (SSSR count). The molecule has 130 valence electrons. The lowest BCUT2D eigenvalue weighted by molar-refractivity contribution is 0.107. The fourth-order valence-electron chi connectivity index (χ4n) is 3.11. The summed E-state index contributed by atoms with van der Waals surface area (Å²) in [4.78, 5) is 19.5. The average Bonchev–Trinajstić information content (AvgIpc) is 3.18. The summed E-state index contributed by atoms with van der Waals surface area (Å²) in [7, 11) is 1.70. The fourth-order valence-corrected chi connectivity index (χ4v) is 3.28. The van der Waals surface area contributed by atoms with Crippen LogP contribution in [0.25, 0.3) is 33.7 Å². The average molecular weight is 366 g/mol. The number of hydrogen-bond donors (Lipinski definition) is 2. The molecule has 0 spiro atoms. The van der Waals surface area contributed by atoms with E-state index in [1.54, 1.807) is 13.1 Å². The van der Waals surface area contributed by atoms with Crippen LogP contribution < -0.4 is 5.73 Å². The van der Waals surface area contributed by atoms with Crippen LogP contribution in [0.1, 0.15) is 16.1 Å². The lowest BCUT2D eigenvalue weighted by Crippen LogP contribution is -2.00. The second-order valence-electron chi connectivity index (χ2n) is 6.15. The van der Waals surface area contributed by atoms with Gasteiger partial charge in [0.1, 0.15) is 11.5 Å². The minimum absolute atomic E-state index is 0.352. The Labute approximate surface area is 154 Å². The maximum atomic E-state index is 11.5. The topological polar surface area (TPSA) is 89.6 Å². The van der Waals surface area contributed by atoms with Crippen molar-refractivity contribution >= 4 is 33.6 Å². The molecule has 2 aromatic carbocycles. The molecule has 2 heterocycles. The minimum atomic E-state index is -0.532. The molecule has 0 bridgehead atoms. The quantitative estimate of drug-likeness (QED) is 0.425. The number of carbonyl (C=O) groups is 1. The van der Waals surface area contributed by atoms with Gasteiger partial charge in [-0.25, -0.2) is 4.98 Å². The Hall–Kier alpha value is -3.12. The van der Waals surface area contributed by atoms with E-state index < -0.39 is 5.24 Å². The zero-order chi connectivity index (χ0) is 18.4. The molecule has 0 radical (unpaired) electrons. The van der Waals surface area contributed by atoms with E-state index in [1.807, 2.05) is 43.3 Å². The monoisotopic (exact) mass is 365 g/mol. The lowest BCUT2D eigenvalue weighted by atomic mass is 9.99. The van der Waals surface area contributed by atoms with Crippen LogP contribution in [-0.4, -0.2) is 25.0 Å². The van der Waals surface area contributed by atoms with E-state index in [-0.39, 0.29) is 0 Å². The molecule has 0 amide bonds. The second-order valence-corrected chi connectivity index (χ2v) is 6.50. The first kappa shape index (κ1) is 16.4. The van der Waals surface area contributed by atoms with Crippen molar-refractivity contribution in [3.8, 4) is 22.6 Å². The fraction of sp³-hybridized carbons (Fsp3) is 0.105. The van der Waals surface area contributed by atoms with Gasteiger partial charge in [-0.1, -0.05) is 18.2 Å². The molecule has 3 N–H and O–H groups in total. The number of fused-ring (bicyclic) bond motifs is 1. The van der Waals surface area contributed by atoms with Gasteiger partial charge in [-0.3, -0.25) is 9.48 Å². The maximum Gasteiger partial charge on any atom is 0.270 e. The van der Waals surface area contributed by atoms with Gasteiger partial charge < -0.3 is 10.7 Å². The Bertz CT molecular complexity index is 1160. The van der Waals surface area contributed by atoms with Crippen LogP contribution in [-0.2, 0) is 7.05 Å². The number of nitrogens with one attached hydrogen (secondary N) is 1. The summed E-state index contributed by atoms with van der Waals surface area (Å²) >= 11 is 5.61. The van der Waals surface area contributed by atoms with E-state index in [2.05, 4.69) is 15.1 Å². The van der Waals surface area contributed by atoms with E-state index >= 15 is 0 Å². The van der Waals surface area contributed by atoms with Gasteiger partial charge in [0.05, 0.1) is 16.7 Å². The van der Waals surface area contributed by atoms with Gasteiger partial charge >= 0.3 is 0 Å². The third kappa shape index (κ3) is 2.64. The predicted molar refractivity (Wildman–Crippen MR) is 103 cm³/mol. The summed E-state index contributed by atoms with van der Waals surface area (Å²) < 4.78 is 1.49. The van der Waals surface area contributed by atoms with Crippen molar-refractivity contribution in [3.05, 3.63) is 53.7 Å². The summed E-state index contributed by atoms with van der Waals surface area (Å²) in [6, 6.07) is 13.2. The number of aromatic amines is 1. The van der Waals surface area contributed by atoms with Crippen molar-refractivity contribution in [1.29, 1.82) is 0 Å². The zero-order valence-corrected chi connectivity index (χ0v) is 15.0. The molecule has 0 saturated carbocycles. The number of nitrogens with zero attached hydrogens (tertiary/aromatic N) is 3. The van der Waals surface area contributed by atoms with E-state index in [0.717, 1.165) is 33.5 Å². The molecule has 0 aliphatic carbocycles. The standard InChI is InChI=1S/C19H16ClN5O/c1-10-12(15-9-17(18(20)26)25(2)24-15)4-3-5-13(10)19-22-14-7-6-11(21)8-16(14)23-19/h3-9H,21H2,1-2H3,(H,22,23). The Morgan fingerprint density at radius 1 is 1.19 bits per heavy atom. The van der Waals surface area contributed by atoms with Crippen LogP contribution in [0.3, 0.4) is 0 Å². The summed E-state index contributed by atoms with van der Waals surface area (Å²) in [5, 5.41) is 3.88. The lowest BCUT2D eigenvalue weighted by Gasteiger charge is -2.07. The highest BCUT2D eigenvalue weighted by atomic mass is 35.5. The van der Waals surface area contributed by atoms with E-state index in [9.17, 15) is 4.79 Å². The second kappa shape index (κ2) is 6.00. The zero-order valence-electron chi connectivity index (χ0n) is 14.2. The third-order valence-electron chi connectivity index (χ3n) is 4.45. The number of nitrogens with two attached hydrogens (primary N) is 1. The first-order valence-corrected chi connectivity index (χ1v) is 8.41. The molecular formula is C19H16ClN5O. The van der Waals surface area contributed by atoms with Crippen LogP contribution >= 0.6 is 11.6 Å². The smallest absolute Gasteiger partial charge is 0.270 e. The summed E-state index contributed by atoms with van der Waals surface area (Å²) in [6.07, 6.45) is 0. The molecule has 0 unspecified atom stereocenters. The van der Waals surface area contributed by atoms with Crippen molar-refractivity contribution < 1.29 is 4.79 Å². The van der Waals surface area contributed by atoms with Crippen molar-refractivity contribution in [2.45, 2.75) is 6.92 Å². The van der Waals surface area contributed by atoms with Gasteiger partial charge in [0.15, 0.2) is 0 Å². The van der Waals surface area contributed by atoms with Crippen molar-refractivity contribution in [2.24, 2.45) is 7.05 Å². The number of aromatic nitrogens is 4. The van der Waals surface area contributed by atoms with Gasteiger partial charge in [0.25, 0.3) is 5.24 Å². The maximum absolute atomic E-state index is 11.5. The number of rotatable bonds is 3. The summed E-state index contributed by atoms with van der Waals surface area (Å²) in [5.41, 5.74) is 12.2. The van der Waals surface area contributed by atoms with E-state index in [1.165, 1.54) is 4.68 Å². The van der Waals surface area contributed by atoms with Gasteiger partial charge in [0.2, 0.25) is 0 Å². The molecule has 4 aromatic rings. The predicted octanol–water partition coefficient (Wildman–Crippen LogP) is 3.90. The van der Waals surface area contributed by atoms with Gasteiger partial charge in [-0.05, 0) is 48.4 Å². The number of halogens is 1. The van der Waals surface area contributed by atoms with Crippen LogP contribution in [0.15, 0.2) is 42.5 Å². The van der Waals surface area contributed by atoms with Crippen LogP contribution in [0.2, 0.25) is 0 Å². The molecule has 26 heavy (non-hydrogen) atoms. The van der Waals surface area contributed by atoms with Gasteiger partial charge in [-0.15, -0.1) is 0 Å². The highest BCUT2D eigenvalue weighted by Gasteiger charge is 2.16. The highest BCUT2D eigenvalue weighted by Crippen LogP contribution is 2.31. The molecule has 7 heteroatoms. The Morgan fingerprint density at radius 2 is 1.96 bits per heavy atom. The number of benzene rings is 2. The van der Waals surface area contributed by atoms with E-state index in [0.29, 0.717) is 17.1 Å². The van der Waals surface area contributed by atoms with Gasteiger partial charge in [0, 0.05) is 23.9 Å². The number of aryl methyl sites for hydroxylation is 1. The highest BCUT2D eigenvalue weighted by molar-refractivity contribution is 6.67. The first-order chi connectivity index (χ1) is 12.4. The first-order valence-electron chi connectivity index (χ1n) is 8.03. The van der Waals surface area contributed by atoms with Crippen molar-refractivity contribution in [1.82, 2.24) is 19.7 Å². The van der Waals surface area contributed by atoms with Crippen LogP contribution in [0.5, 0.6) is 0 Å². The Balaban J connectivity index is 1.85. The van der Waals surface area contributed by atoms with Gasteiger partial charge in [-0.2, -0.15) is 5.10 Å². The third-order valence-corrected chi connectivity index (χ3v) is 4.65. The number of anilines is 1. The largest absolute Gasteiger partial charge is 0.399 e. The van der Waals surface area contributed by atoms with Crippen LogP contribution in [0, 0.1) is 6.92 Å².